The summed E-state index contributed by atoms with van der Waals surface area (Å²) in [5, 5.41) is 3.19. The van der Waals surface area contributed by atoms with E-state index in [0.29, 0.717) is 19.1 Å². The summed E-state index contributed by atoms with van der Waals surface area (Å²) in [6, 6.07) is 0.293. The van der Waals surface area contributed by atoms with Crippen molar-refractivity contribution in [1.29, 1.82) is 0 Å². The Balaban J connectivity index is 0.00000169. The van der Waals surface area contributed by atoms with Crippen LogP contribution in [0.1, 0.15) is 25.7 Å². The summed E-state index contributed by atoms with van der Waals surface area (Å²) in [5.74, 6) is -1.23. The first-order chi connectivity index (χ1) is 11.1. The maximum Gasteiger partial charge on any atom is 0.242 e. The average Bonchev–Trinajstić information content (AvgIpc) is 3.24. The first-order valence-corrected chi connectivity index (χ1v) is 8.56. The van der Waals surface area contributed by atoms with Gasteiger partial charge in [0.05, 0.1) is 24.0 Å². The van der Waals surface area contributed by atoms with Gasteiger partial charge in [0.1, 0.15) is 6.54 Å². The second-order valence-electron chi connectivity index (χ2n) is 7.07. The molecule has 0 aromatic heterocycles. The van der Waals surface area contributed by atoms with Crippen LogP contribution in [0.25, 0.3) is 0 Å². The largest absolute Gasteiger partial charge is 0.373 e. The summed E-state index contributed by atoms with van der Waals surface area (Å²) < 4.78 is 5.71. The van der Waals surface area contributed by atoms with Crippen molar-refractivity contribution >= 4 is 30.1 Å². The molecule has 0 aromatic carbocycles. The van der Waals surface area contributed by atoms with Crippen LogP contribution < -0.4 is 5.32 Å². The molecule has 4 saturated heterocycles. The minimum Gasteiger partial charge on any atom is -0.373 e. The number of amides is 3. The second kappa shape index (κ2) is 6.61. The smallest absolute Gasteiger partial charge is 0.242 e. The molecule has 0 aliphatic carbocycles. The van der Waals surface area contributed by atoms with E-state index in [9.17, 15) is 14.4 Å². The summed E-state index contributed by atoms with van der Waals surface area (Å²) in [4.78, 5) is 40.6. The van der Waals surface area contributed by atoms with Gasteiger partial charge in [0.25, 0.3) is 0 Å². The first kappa shape index (κ1) is 17.6. The molecule has 4 fully saturated rings. The van der Waals surface area contributed by atoms with Crippen molar-refractivity contribution in [2.75, 3.05) is 26.7 Å². The Kier molecular flexibility index (Phi) is 4.86. The van der Waals surface area contributed by atoms with Crippen LogP contribution in [-0.4, -0.2) is 72.5 Å². The summed E-state index contributed by atoms with van der Waals surface area (Å²) >= 11 is 0. The van der Waals surface area contributed by atoms with Gasteiger partial charge in [-0.1, -0.05) is 0 Å². The molecule has 4 rings (SSSR count). The molecule has 4 heterocycles. The molecule has 0 spiro atoms. The quantitative estimate of drug-likeness (QED) is 0.707. The van der Waals surface area contributed by atoms with E-state index in [4.69, 9.17) is 4.74 Å². The number of rotatable bonds is 3. The summed E-state index contributed by atoms with van der Waals surface area (Å²) in [5.41, 5.74) is 0. The number of ether oxygens (including phenoxy) is 1. The topological polar surface area (TPSA) is 79.0 Å². The monoisotopic (exact) mass is 357 g/mol. The summed E-state index contributed by atoms with van der Waals surface area (Å²) in [6.07, 6.45) is 3.45. The van der Waals surface area contributed by atoms with Crippen LogP contribution >= 0.6 is 12.4 Å². The Morgan fingerprint density at radius 3 is 2.38 bits per heavy atom. The number of likely N-dealkylation sites (tertiary alicyclic amines) is 2. The molecular formula is C16H24ClN3O4. The Bertz CT molecular complexity index is 529. The number of piperidine rings is 1. The lowest BCUT2D eigenvalue weighted by molar-refractivity contribution is -0.149. The standard InChI is InChI=1S/C16H23N3O4.ClH/c1-17-9-3-2-6-18(7-9)12(20)8-19-15(21)13-10-4-5-11(23-10)14(13)16(19)22;/h9-11,13-14,17H,2-8H2,1H3;1H. The Morgan fingerprint density at radius 2 is 1.79 bits per heavy atom. The Labute approximate surface area is 147 Å². The van der Waals surface area contributed by atoms with Gasteiger partial charge in [-0.3, -0.25) is 19.3 Å². The van der Waals surface area contributed by atoms with Gasteiger partial charge in [0, 0.05) is 19.1 Å². The fraction of sp³-hybridized carbons (Fsp3) is 0.812. The van der Waals surface area contributed by atoms with Crippen LogP contribution in [-0.2, 0) is 19.1 Å². The highest BCUT2D eigenvalue weighted by atomic mass is 35.5. The fourth-order valence-electron chi connectivity index (χ4n) is 4.60. The molecule has 4 aliphatic rings. The minimum absolute atomic E-state index is 0. The highest BCUT2D eigenvalue weighted by Gasteiger charge is 2.62. The number of hydrogen-bond donors (Lipinski definition) is 1. The number of carbonyl (C=O) groups is 3. The third-order valence-corrected chi connectivity index (χ3v) is 5.85. The lowest BCUT2D eigenvalue weighted by atomic mass is 9.81. The van der Waals surface area contributed by atoms with Crippen LogP contribution in [0.4, 0.5) is 0 Å². The van der Waals surface area contributed by atoms with Gasteiger partial charge in [-0.25, -0.2) is 0 Å². The fourth-order valence-corrected chi connectivity index (χ4v) is 4.60. The molecule has 0 radical (unpaired) electrons. The summed E-state index contributed by atoms with van der Waals surface area (Å²) in [6.45, 7) is 1.24. The molecule has 5 atom stereocenters. The van der Waals surface area contributed by atoms with Gasteiger partial charge in [0.2, 0.25) is 17.7 Å². The molecule has 24 heavy (non-hydrogen) atoms. The van der Waals surface area contributed by atoms with Crippen LogP contribution in [0, 0.1) is 11.8 Å². The molecule has 5 unspecified atom stereocenters. The van der Waals surface area contributed by atoms with E-state index >= 15 is 0 Å². The maximum atomic E-state index is 12.6. The third-order valence-electron chi connectivity index (χ3n) is 5.85. The van der Waals surface area contributed by atoms with Crippen LogP contribution in [0.15, 0.2) is 0 Å². The van der Waals surface area contributed by atoms with Crippen LogP contribution in [0.3, 0.4) is 0 Å². The molecule has 3 amide bonds. The van der Waals surface area contributed by atoms with Gasteiger partial charge in [-0.05, 0) is 32.7 Å². The van der Waals surface area contributed by atoms with Crippen molar-refractivity contribution in [2.45, 2.75) is 43.9 Å². The van der Waals surface area contributed by atoms with Gasteiger partial charge in [-0.2, -0.15) is 0 Å². The molecule has 7 nitrogen and oxygen atoms in total. The van der Waals surface area contributed by atoms with E-state index in [1.807, 2.05) is 7.05 Å². The number of nitrogens with zero attached hydrogens (tertiary/aromatic N) is 2. The van der Waals surface area contributed by atoms with Crippen molar-refractivity contribution in [3.05, 3.63) is 0 Å². The molecule has 134 valence electrons. The van der Waals surface area contributed by atoms with Crippen LogP contribution in [0.2, 0.25) is 0 Å². The minimum atomic E-state index is -0.347. The predicted octanol–water partition coefficient (Wildman–Crippen LogP) is -0.219. The number of fused-ring (bicyclic) bond motifs is 5. The lowest BCUT2D eigenvalue weighted by Gasteiger charge is -2.33. The number of carbonyl (C=O) groups excluding carboxylic acids is 3. The number of imide groups is 1. The lowest BCUT2D eigenvalue weighted by Crippen LogP contribution is -2.51. The molecule has 2 bridgehead atoms. The van der Waals surface area contributed by atoms with Crippen molar-refractivity contribution in [3.63, 3.8) is 0 Å². The molecule has 8 heteroatoms. The van der Waals surface area contributed by atoms with E-state index in [1.165, 1.54) is 4.90 Å². The predicted molar refractivity (Wildman–Crippen MR) is 87.5 cm³/mol. The number of halogens is 1. The van der Waals surface area contributed by atoms with Crippen LogP contribution in [0.5, 0.6) is 0 Å². The molecule has 0 saturated carbocycles. The zero-order valence-electron chi connectivity index (χ0n) is 13.8. The molecular weight excluding hydrogens is 334 g/mol. The van der Waals surface area contributed by atoms with E-state index < -0.39 is 0 Å². The summed E-state index contributed by atoms with van der Waals surface area (Å²) in [7, 11) is 1.89. The van der Waals surface area contributed by atoms with Gasteiger partial charge >= 0.3 is 0 Å². The van der Waals surface area contributed by atoms with Crippen molar-refractivity contribution in [3.8, 4) is 0 Å². The number of likely N-dealkylation sites (N-methyl/N-ethyl adjacent to an activating group) is 1. The third kappa shape index (κ3) is 2.62. The molecule has 1 N–H and O–H groups in total. The average molecular weight is 358 g/mol. The Hall–Kier alpha value is -1.18. The van der Waals surface area contributed by atoms with Crippen molar-refractivity contribution in [1.82, 2.24) is 15.1 Å². The number of nitrogens with one attached hydrogen (secondary N) is 1. The van der Waals surface area contributed by atoms with Crippen molar-refractivity contribution in [2.24, 2.45) is 11.8 Å². The van der Waals surface area contributed by atoms with Gasteiger partial charge in [0.15, 0.2) is 0 Å². The molecule has 0 aromatic rings. The van der Waals surface area contributed by atoms with E-state index in [0.717, 1.165) is 25.7 Å². The SMILES string of the molecule is CNC1CCCN(C(=O)CN2C(=O)C3C4CCC(O4)C3C2=O)C1.Cl. The number of hydrogen-bond acceptors (Lipinski definition) is 5. The van der Waals surface area contributed by atoms with Crippen molar-refractivity contribution < 1.29 is 19.1 Å². The van der Waals surface area contributed by atoms with Gasteiger partial charge in [-0.15, -0.1) is 12.4 Å². The van der Waals surface area contributed by atoms with Gasteiger partial charge < -0.3 is 15.0 Å². The maximum absolute atomic E-state index is 12.6. The van der Waals surface area contributed by atoms with E-state index in [2.05, 4.69) is 5.32 Å². The van der Waals surface area contributed by atoms with E-state index in [1.54, 1.807) is 4.90 Å². The zero-order chi connectivity index (χ0) is 16.1. The Morgan fingerprint density at radius 1 is 1.17 bits per heavy atom. The highest BCUT2D eigenvalue weighted by molar-refractivity contribution is 6.08. The zero-order valence-corrected chi connectivity index (χ0v) is 14.6. The first-order valence-electron chi connectivity index (χ1n) is 8.56. The van der Waals surface area contributed by atoms with E-state index in [-0.39, 0.29) is 60.7 Å². The highest BCUT2D eigenvalue weighted by Crippen LogP contribution is 2.48. The normalized spacial score (nSPS) is 37.6. The second-order valence-corrected chi connectivity index (χ2v) is 7.07. The molecule has 4 aliphatic heterocycles.